The van der Waals surface area contributed by atoms with Crippen molar-refractivity contribution in [2.24, 2.45) is 0 Å². The number of hydrogen-bond acceptors (Lipinski definition) is 2. The Morgan fingerprint density at radius 3 is 2.94 bits per heavy atom. The van der Waals surface area contributed by atoms with Crippen molar-refractivity contribution in [1.29, 1.82) is 0 Å². The van der Waals surface area contributed by atoms with Crippen molar-refractivity contribution in [1.82, 2.24) is 5.32 Å². The number of rotatable bonds is 3. The molecule has 0 bridgehead atoms. The predicted octanol–water partition coefficient (Wildman–Crippen LogP) is 2.30. The maximum atomic E-state index is 13.3. The van der Waals surface area contributed by atoms with Crippen LogP contribution in [0.2, 0.25) is 0 Å². The minimum absolute atomic E-state index is 0.130. The van der Waals surface area contributed by atoms with E-state index in [0.29, 0.717) is 6.42 Å². The van der Waals surface area contributed by atoms with Gasteiger partial charge < -0.3 is 10.6 Å². The lowest BCUT2D eigenvalue weighted by atomic mass is 10.0. The van der Waals surface area contributed by atoms with Gasteiger partial charge in [0.05, 0.1) is 5.69 Å². The van der Waals surface area contributed by atoms with Gasteiger partial charge in [0, 0.05) is 12.5 Å². The van der Waals surface area contributed by atoms with Crippen LogP contribution in [-0.2, 0) is 4.79 Å². The Morgan fingerprint density at radius 2 is 2.24 bits per heavy atom. The highest BCUT2D eigenvalue weighted by Gasteiger charge is 2.16. The van der Waals surface area contributed by atoms with E-state index in [2.05, 4.69) is 10.6 Å². The number of para-hydroxylation sites is 1. The van der Waals surface area contributed by atoms with Crippen LogP contribution in [0.15, 0.2) is 24.3 Å². The number of amides is 1. The van der Waals surface area contributed by atoms with Crippen LogP contribution in [0.5, 0.6) is 0 Å². The number of carbonyl (C=O) groups is 1. The molecule has 2 rings (SSSR count). The minimum Gasteiger partial charge on any atom is -0.324 e. The third-order valence-electron chi connectivity index (χ3n) is 2.99. The highest BCUT2D eigenvalue weighted by atomic mass is 19.1. The first-order valence-electron chi connectivity index (χ1n) is 6.03. The van der Waals surface area contributed by atoms with E-state index in [1.54, 1.807) is 18.2 Å². The van der Waals surface area contributed by atoms with Gasteiger partial charge in [0.2, 0.25) is 5.91 Å². The summed E-state index contributed by atoms with van der Waals surface area (Å²) in [7, 11) is 0. The lowest BCUT2D eigenvalue weighted by Gasteiger charge is -2.22. The van der Waals surface area contributed by atoms with E-state index in [9.17, 15) is 9.18 Å². The molecule has 1 aliphatic heterocycles. The molecule has 1 amide bonds. The first-order valence-corrected chi connectivity index (χ1v) is 6.03. The molecule has 1 aromatic rings. The summed E-state index contributed by atoms with van der Waals surface area (Å²) in [5.74, 6) is -0.521. The maximum absolute atomic E-state index is 13.3. The van der Waals surface area contributed by atoms with E-state index in [1.807, 2.05) is 0 Å². The Balaban J connectivity index is 1.86. The van der Waals surface area contributed by atoms with Crippen molar-refractivity contribution in [2.45, 2.75) is 31.7 Å². The SMILES string of the molecule is O=C(CC1CCCCN1)Nc1ccccc1F. The molecule has 92 valence electrons. The van der Waals surface area contributed by atoms with Crippen LogP contribution in [0.25, 0.3) is 0 Å². The molecule has 0 saturated carbocycles. The van der Waals surface area contributed by atoms with Gasteiger partial charge in [-0.3, -0.25) is 4.79 Å². The van der Waals surface area contributed by atoms with Crippen molar-refractivity contribution in [3.8, 4) is 0 Å². The molecule has 4 heteroatoms. The standard InChI is InChI=1S/C13H17FN2O/c14-11-6-1-2-7-12(11)16-13(17)9-10-5-3-4-8-15-10/h1-2,6-7,10,15H,3-5,8-9H2,(H,16,17). The number of piperidine rings is 1. The van der Waals surface area contributed by atoms with Crippen LogP contribution in [0, 0.1) is 5.82 Å². The summed E-state index contributed by atoms with van der Waals surface area (Å²) in [6, 6.07) is 6.46. The zero-order valence-corrected chi connectivity index (χ0v) is 9.71. The first-order chi connectivity index (χ1) is 8.25. The molecule has 0 radical (unpaired) electrons. The van der Waals surface area contributed by atoms with E-state index in [-0.39, 0.29) is 17.6 Å². The second-order valence-electron chi connectivity index (χ2n) is 4.38. The van der Waals surface area contributed by atoms with Crippen molar-refractivity contribution < 1.29 is 9.18 Å². The number of hydrogen-bond donors (Lipinski definition) is 2. The van der Waals surface area contributed by atoms with E-state index < -0.39 is 5.82 Å². The summed E-state index contributed by atoms with van der Waals surface area (Å²) in [5.41, 5.74) is 0.258. The van der Waals surface area contributed by atoms with Gasteiger partial charge in [0.15, 0.2) is 0 Å². The number of nitrogens with one attached hydrogen (secondary N) is 2. The van der Waals surface area contributed by atoms with Gasteiger partial charge in [0.1, 0.15) is 5.82 Å². The van der Waals surface area contributed by atoms with Crippen LogP contribution in [0.4, 0.5) is 10.1 Å². The molecule has 1 aliphatic rings. The zero-order valence-electron chi connectivity index (χ0n) is 9.71. The molecule has 1 heterocycles. The Kier molecular flexibility index (Phi) is 4.09. The molecule has 1 atom stereocenters. The topological polar surface area (TPSA) is 41.1 Å². The summed E-state index contributed by atoms with van der Waals surface area (Å²) >= 11 is 0. The van der Waals surface area contributed by atoms with E-state index in [4.69, 9.17) is 0 Å². The van der Waals surface area contributed by atoms with Crippen LogP contribution >= 0.6 is 0 Å². The number of anilines is 1. The third kappa shape index (κ3) is 3.53. The summed E-state index contributed by atoms with van der Waals surface area (Å²) in [6.45, 7) is 0.970. The molecule has 0 spiro atoms. The fraction of sp³-hybridized carbons (Fsp3) is 0.462. The molecule has 0 aliphatic carbocycles. The second-order valence-corrected chi connectivity index (χ2v) is 4.38. The normalized spacial score (nSPS) is 19.9. The lowest BCUT2D eigenvalue weighted by molar-refractivity contribution is -0.116. The molecule has 17 heavy (non-hydrogen) atoms. The van der Waals surface area contributed by atoms with Gasteiger partial charge in [-0.1, -0.05) is 18.6 Å². The molecule has 1 saturated heterocycles. The molecule has 2 N–H and O–H groups in total. The lowest BCUT2D eigenvalue weighted by Crippen LogP contribution is -2.37. The molecular formula is C13H17FN2O. The highest BCUT2D eigenvalue weighted by molar-refractivity contribution is 5.91. The summed E-state index contributed by atoms with van der Waals surface area (Å²) in [5, 5.41) is 5.90. The zero-order chi connectivity index (χ0) is 12.1. The van der Waals surface area contributed by atoms with Crippen LogP contribution in [-0.4, -0.2) is 18.5 Å². The van der Waals surface area contributed by atoms with E-state index in [0.717, 1.165) is 19.4 Å². The fourth-order valence-corrected chi connectivity index (χ4v) is 2.09. The molecule has 1 fully saturated rings. The molecule has 1 aromatic carbocycles. The van der Waals surface area contributed by atoms with Gasteiger partial charge in [-0.05, 0) is 31.5 Å². The monoisotopic (exact) mass is 236 g/mol. The molecular weight excluding hydrogens is 219 g/mol. The largest absolute Gasteiger partial charge is 0.324 e. The average Bonchev–Trinajstić information content (AvgIpc) is 2.33. The summed E-state index contributed by atoms with van der Waals surface area (Å²) in [4.78, 5) is 11.7. The van der Waals surface area contributed by atoms with Gasteiger partial charge in [0.25, 0.3) is 0 Å². The molecule has 3 nitrogen and oxygen atoms in total. The molecule has 0 aromatic heterocycles. The van der Waals surface area contributed by atoms with Gasteiger partial charge in [-0.15, -0.1) is 0 Å². The van der Waals surface area contributed by atoms with Crippen molar-refractivity contribution in [3.63, 3.8) is 0 Å². The predicted molar refractivity (Wildman–Crippen MR) is 65.3 cm³/mol. The van der Waals surface area contributed by atoms with Crippen molar-refractivity contribution >= 4 is 11.6 Å². The van der Waals surface area contributed by atoms with Crippen LogP contribution in [0.3, 0.4) is 0 Å². The maximum Gasteiger partial charge on any atom is 0.226 e. The number of halogens is 1. The van der Waals surface area contributed by atoms with Gasteiger partial charge in [-0.25, -0.2) is 4.39 Å². The summed E-state index contributed by atoms with van der Waals surface area (Å²) in [6.07, 6.45) is 3.76. The van der Waals surface area contributed by atoms with Crippen molar-refractivity contribution in [2.75, 3.05) is 11.9 Å². The fourth-order valence-electron chi connectivity index (χ4n) is 2.09. The number of carbonyl (C=O) groups excluding carboxylic acids is 1. The Bertz CT molecular complexity index is 389. The van der Waals surface area contributed by atoms with Gasteiger partial charge in [-0.2, -0.15) is 0 Å². The third-order valence-corrected chi connectivity index (χ3v) is 2.99. The first kappa shape index (κ1) is 12.0. The van der Waals surface area contributed by atoms with Gasteiger partial charge >= 0.3 is 0 Å². The van der Waals surface area contributed by atoms with Crippen LogP contribution in [0.1, 0.15) is 25.7 Å². The Labute approximate surface area is 100 Å². The van der Waals surface area contributed by atoms with E-state index in [1.165, 1.54) is 12.5 Å². The minimum atomic E-state index is -0.391. The smallest absolute Gasteiger partial charge is 0.226 e. The van der Waals surface area contributed by atoms with E-state index >= 15 is 0 Å². The quantitative estimate of drug-likeness (QED) is 0.845. The van der Waals surface area contributed by atoms with Crippen LogP contribution < -0.4 is 10.6 Å². The second kappa shape index (κ2) is 5.77. The summed E-state index contributed by atoms with van der Waals surface area (Å²) < 4.78 is 13.3. The number of benzene rings is 1. The highest BCUT2D eigenvalue weighted by Crippen LogP contribution is 2.14. The Hall–Kier alpha value is -1.42. The average molecular weight is 236 g/mol. The Morgan fingerprint density at radius 1 is 1.41 bits per heavy atom. The van der Waals surface area contributed by atoms with Crippen molar-refractivity contribution in [3.05, 3.63) is 30.1 Å². The molecule has 1 unspecified atom stereocenters.